The molecule has 0 unspecified atom stereocenters. The molecule has 4 amide bonds. The summed E-state index contributed by atoms with van der Waals surface area (Å²) in [4.78, 5) is 44.0. The largest absolute Gasteiger partial charge is 0.463 e. The lowest BCUT2D eigenvalue weighted by molar-refractivity contribution is -0.139. The molecular formula is C26H36F3N5O4. The number of nitrogens with one attached hydrogen (secondary N) is 2. The molecule has 1 saturated heterocycles. The van der Waals surface area contributed by atoms with Crippen molar-refractivity contribution < 1.29 is 32.3 Å². The van der Waals surface area contributed by atoms with Gasteiger partial charge in [-0.2, -0.15) is 13.2 Å². The Morgan fingerprint density at radius 1 is 1.05 bits per heavy atom. The lowest BCUT2D eigenvalue weighted by Gasteiger charge is -2.40. The zero-order valence-electron chi connectivity index (χ0n) is 22.4. The third-order valence-electron chi connectivity index (χ3n) is 6.34. The standard InChI is InChI=1S/C26H36F3N5O4/c1-6-34-19(16-32-12-14-33(15-13-32)24(37)31-25(3,4)5)20(22(35)38-7-2)21(30-23(34)36)17-8-10-18(11-9-17)26(27,28)29/h8-11,21H,6-7,12-16H2,1-5H3,(H,30,36)(H,31,37)/t21-/m1/s1. The fraction of sp³-hybridized carbons (Fsp3) is 0.577. The SMILES string of the molecule is CCOC(=O)C1=C(CN2CCN(C(=O)NC(C)(C)C)CC2)N(CC)C(=O)N[C@@H]1c1ccc(C(F)(F)F)cc1. The molecule has 3 rings (SSSR count). The van der Waals surface area contributed by atoms with Crippen LogP contribution in [0.2, 0.25) is 0 Å². The first-order valence-corrected chi connectivity index (χ1v) is 12.7. The van der Waals surface area contributed by atoms with Crippen LogP contribution in [0.1, 0.15) is 51.8 Å². The van der Waals surface area contributed by atoms with E-state index in [1.54, 1.807) is 18.7 Å². The number of benzene rings is 1. The number of ether oxygens (including phenoxy) is 1. The van der Waals surface area contributed by atoms with E-state index in [9.17, 15) is 27.6 Å². The molecule has 0 radical (unpaired) electrons. The molecule has 0 saturated carbocycles. The number of likely N-dealkylation sites (N-methyl/N-ethyl adjacent to an activating group) is 1. The summed E-state index contributed by atoms with van der Waals surface area (Å²) in [5.74, 6) is -0.644. The second-order valence-corrected chi connectivity index (χ2v) is 10.3. The number of carbonyl (C=O) groups is 3. The molecular weight excluding hydrogens is 503 g/mol. The number of urea groups is 2. The molecule has 2 aliphatic rings. The normalized spacial score (nSPS) is 19.4. The molecule has 1 atom stereocenters. The maximum absolute atomic E-state index is 13.2. The van der Waals surface area contributed by atoms with E-state index >= 15 is 0 Å². The van der Waals surface area contributed by atoms with Gasteiger partial charge < -0.3 is 20.3 Å². The number of carbonyl (C=O) groups excluding carboxylic acids is 3. The van der Waals surface area contributed by atoms with E-state index in [0.717, 1.165) is 12.1 Å². The van der Waals surface area contributed by atoms with Gasteiger partial charge in [0.1, 0.15) is 0 Å². The lowest BCUT2D eigenvalue weighted by atomic mass is 9.93. The van der Waals surface area contributed by atoms with E-state index in [1.807, 2.05) is 25.7 Å². The summed E-state index contributed by atoms with van der Waals surface area (Å²) in [6, 6.07) is 2.80. The van der Waals surface area contributed by atoms with Crippen LogP contribution in [-0.4, -0.2) is 84.1 Å². The van der Waals surface area contributed by atoms with Gasteiger partial charge in [0.25, 0.3) is 0 Å². The molecule has 1 aromatic carbocycles. The predicted octanol–water partition coefficient (Wildman–Crippen LogP) is 3.73. The number of hydrogen-bond donors (Lipinski definition) is 2. The fourth-order valence-electron chi connectivity index (χ4n) is 4.49. The van der Waals surface area contributed by atoms with E-state index in [2.05, 4.69) is 10.6 Å². The minimum absolute atomic E-state index is 0.0942. The average molecular weight is 540 g/mol. The van der Waals surface area contributed by atoms with Crippen molar-refractivity contribution in [3.63, 3.8) is 0 Å². The molecule has 2 N–H and O–H groups in total. The van der Waals surface area contributed by atoms with Crippen molar-refractivity contribution in [2.75, 3.05) is 45.9 Å². The van der Waals surface area contributed by atoms with Gasteiger partial charge in [-0.1, -0.05) is 12.1 Å². The second-order valence-electron chi connectivity index (χ2n) is 10.3. The Bertz CT molecular complexity index is 1060. The first kappa shape index (κ1) is 29.3. The van der Waals surface area contributed by atoms with Crippen LogP contribution >= 0.6 is 0 Å². The molecule has 12 heteroatoms. The molecule has 1 aromatic rings. The van der Waals surface area contributed by atoms with Gasteiger partial charge >= 0.3 is 24.2 Å². The third kappa shape index (κ3) is 6.97. The second kappa shape index (κ2) is 11.6. The zero-order chi connectivity index (χ0) is 28.3. The highest BCUT2D eigenvalue weighted by Gasteiger charge is 2.39. The maximum atomic E-state index is 13.2. The topological polar surface area (TPSA) is 94.2 Å². The Labute approximate surface area is 221 Å². The summed E-state index contributed by atoms with van der Waals surface area (Å²) in [6.07, 6.45) is -4.51. The van der Waals surface area contributed by atoms with E-state index in [1.165, 1.54) is 17.0 Å². The predicted molar refractivity (Wildman–Crippen MR) is 135 cm³/mol. The number of amides is 4. The van der Waals surface area contributed by atoms with Gasteiger partial charge in [-0.3, -0.25) is 9.80 Å². The summed E-state index contributed by atoms with van der Waals surface area (Å²) in [5, 5.41) is 5.71. The summed E-state index contributed by atoms with van der Waals surface area (Å²) in [7, 11) is 0. The van der Waals surface area contributed by atoms with E-state index < -0.39 is 29.8 Å². The minimum Gasteiger partial charge on any atom is -0.463 e. The zero-order valence-corrected chi connectivity index (χ0v) is 22.4. The van der Waals surface area contributed by atoms with Gasteiger partial charge in [-0.15, -0.1) is 0 Å². The molecule has 38 heavy (non-hydrogen) atoms. The number of piperazine rings is 1. The molecule has 0 aromatic heterocycles. The van der Waals surface area contributed by atoms with Crippen molar-refractivity contribution >= 4 is 18.0 Å². The van der Waals surface area contributed by atoms with Gasteiger partial charge in [0, 0.05) is 50.5 Å². The van der Waals surface area contributed by atoms with Crippen molar-refractivity contribution in [2.24, 2.45) is 0 Å². The van der Waals surface area contributed by atoms with Gasteiger partial charge in [0.2, 0.25) is 0 Å². The van der Waals surface area contributed by atoms with E-state index in [4.69, 9.17) is 4.74 Å². The number of nitrogens with zero attached hydrogens (tertiary/aromatic N) is 3. The molecule has 2 heterocycles. The third-order valence-corrected chi connectivity index (χ3v) is 6.34. The smallest absolute Gasteiger partial charge is 0.416 e. The maximum Gasteiger partial charge on any atom is 0.416 e. The average Bonchev–Trinajstić information content (AvgIpc) is 2.83. The number of hydrogen-bond acceptors (Lipinski definition) is 5. The number of alkyl halides is 3. The highest BCUT2D eigenvalue weighted by atomic mass is 19.4. The van der Waals surface area contributed by atoms with Crippen molar-refractivity contribution in [1.82, 2.24) is 25.3 Å². The molecule has 0 bridgehead atoms. The summed E-state index contributed by atoms with van der Waals surface area (Å²) in [6.45, 7) is 11.7. The Balaban J connectivity index is 1.91. The van der Waals surface area contributed by atoms with Crippen molar-refractivity contribution in [3.05, 3.63) is 46.7 Å². The van der Waals surface area contributed by atoms with Gasteiger partial charge in [0.05, 0.1) is 23.8 Å². The molecule has 0 spiro atoms. The van der Waals surface area contributed by atoms with Crippen molar-refractivity contribution in [1.29, 1.82) is 0 Å². The number of esters is 1. The van der Waals surface area contributed by atoms with Crippen LogP contribution in [-0.2, 0) is 15.7 Å². The van der Waals surface area contributed by atoms with Crippen LogP contribution in [0, 0.1) is 0 Å². The number of halogens is 3. The van der Waals surface area contributed by atoms with Crippen molar-refractivity contribution in [2.45, 2.75) is 52.4 Å². The fourth-order valence-corrected chi connectivity index (χ4v) is 4.49. The van der Waals surface area contributed by atoms with Crippen molar-refractivity contribution in [3.8, 4) is 0 Å². The van der Waals surface area contributed by atoms with Gasteiger partial charge in [-0.05, 0) is 52.3 Å². The van der Waals surface area contributed by atoms with E-state index in [0.29, 0.717) is 37.4 Å². The van der Waals surface area contributed by atoms with Gasteiger partial charge in [-0.25, -0.2) is 14.4 Å². The Kier molecular flexibility index (Phi) is 8.96. The van der Waals surface area contributed by atoms with Gasteiger partial charge in [0.15, 0.2) is 0 Å². The Morgan fingerprint density at radius 3 is 2.16 bits per heavy atom. The highest BCUT2D eigenvalue weighted by Crippen LogP contribution is 2.35. The van der Waals surface area contributed by atoms with Crippen LogP contribution in [0.5, 0.6) is 0 Å². The molecule has 2 aliphatic heterocycles. The first-order chi connectivity index (χ1) is 17.7. The summed E-state index contributed by atoms with van der Waals surface area (Å²) < 4.78 is 44.7. The molecule has 0 aliphatic carbocycles. The van der Waals surface area contributed by atoms with Crippen LogP contribution in [0.3, 0.4) is 0 Å². The Morgan fingerprint density at radius 2 is 1.66 bits per heavy atom. The number of rotatable bonds is 6. The summed E-state index contributed by atoms with van der Waals surface area (Å²) >= 11 is 0. The Hall–Kier alpha value is -3.28. The van der Waals surface area contributed by atoms with Crippen LogP contribution in [0.25, 0.3) is 0 Å². The molecule has 1 fully saturated rings. The van der Waals surface area contributed by atoms with Crippen LogP contribution < -0.4 is 10.6 Å². The van der Waals surface area contributed by atoms with Crippen LogP contribution in [0.4, 0.5) is 22.8 Å². The molecule has 210 valence electrons. The lowest BCUT2D eigenvalue weighted by Crippen LogP contribution is -2.56. The minimum atomic E-state index is -4.51. The molecule has 9 nitrogen and oxygen atoms in total. The quantitative estimate of drug-likeness (QED) is 0.538. The highest BCUT2D eigenvalue weighted by molar-refractivity contribution is 5.95. The summed E-state index contributed by atoms with van der Waals surface area (Å²) in [5.41, 5.74) is -0.230. The monoisotopic (exact) mass is 539 g/mol. The van der Waals surface area contributed by atoms with Crippen LogP contribution in [0.15, 0.2) is 35.5 Å². The van der Waals surface area contributed by atoms with E-state index in [-0.39, 0.29) is 36.8 Å². The first-order valence-electron chi connectivity index (χ1n) is 12.7.